The van der Waals surface area contributed by atoms with Crippen molar-refractivity contribution in [1.82, 2.24) is 10.2 Å². The van der Waals surface area contributed by atoms with Gasteiger partial charge in [-0.25, -0.2) is 0 Å². The van der Waals surface area contributed by atoms with Gasteiger partial charge in [0.15, 0.2) is 0 Å². The third-order valence-corrected chi connectivity index (χ3v) is 2.88. The Morgan fingerprint density at radius 3 is 2.23 bits per heavy atom. The molecule has 0 aromatic heterocycles. The Hall–Kier alpha value is -0.0800. The minimum absolute atomic E-state index is 0.278. The first-order chi connectivity index (χ1) is 5.73. The molecule has 78 valence electrons. The predicted molar refractivity (Wildman–Crippen MR) is 58.0 cm³/mol. The summed E-state index contributed by atoms with van der Waals surface area (Å²) in [6, 6.07) is 0.618. The molecule has 0 saturated carbocycles. The lowest BCUT2D eigenvalue weighted by Crippen LogP contribution is -2.66. The number of nitrogens with one attached hydrogen (secondary N) is 1. The summed E-state index contributed by atoms with van der Waals surface area (Å²) >= 11 is 0. The van der Waals surface area contributed by atoms with Gasteiger partial charge in [0, 0.05) is 30.2 Å². The van der Waals surface area contributed by atoms with Crippen LogP contribution < -0.4 is 5.32 Å². The maximum absolute atomic E-state index is 3.53. The number of hydrogen-bond donors (Lipinski definition) is 1. The lowest BCUT2D eigenvalue weighted by molar-refractivity contribution is -0.00641. The van der Waals surface area contributed by atoms with Crippen molar-refractivity contribution >= 4 is 0 Å². The number of rotatable bonds is 0. The fraction of sp³-hybridized carbons (Fsp3) is 1.00. The molecule has 0 aliphatic carbocycles. The second-order valence-corrected chi connectivity index (χ2v) is 5.88. The monoisotopic (exact) mass is 184 g/mol. The molecule has 0 bridgehead atoms. The smallest absolute Gasteiger partial charge is 0.0283 e. The SMILES string of the molecule is CC1CN(C(C)(C)C)C(C)(C)CN1. The van der Waals surface area contributed by atoms with Gasteiger partial charge in [-0.1, -0.05) is 0 Å². The average molecular weight is 184 g/mol. The summed E-state index contributed by atoms with van der Waals surface area (Å²) in [5.74, 6) is 0. The van der Waals surface area contributed by atoms with E-state index in [1.165, 1.54) is 0 Å². The highest BCUT2D eigenvalue weighted by Gasteiger charge is 2.38. The van der Waals surface area contributed by atoms with E-state index in [-0.39, 0.29) is 11.1 Å². The molecular formula is C11H24N2. The zero-order valence-electron chi connectivity index (χ0n) is 9.94. The molecule has 1 aliphatic rings. The summed E-state index contributed by atoms with van der Waals surface area (Å²) < 4.78 is 0. The standard InChI is InChI=1S/C11H24N2/c1-9-7-13(10(2,3)4)11(5,6)8-12-9/h9,12H,7-8H2,1-6H3. The van der Waals surface area contributed by atoms with Crippen molar-refractivity contribution in [2.24, 2.45) is 0 Å². The van der Waals surface area contributed by atoms with Crippen LogP contribution in [-0.2, 0) is 0 Å². The first kappa shape index (κ1) is 11.0. The molecule has 1 atom stereocenters. The van der Waals surface area contributed by atoms with Gasteiger partial charge >= 0.3 is 0 Å². The average Bonchev–Trinajstić information content (AvgIpc) is 1.92. The fourth-order valence-corrected chi connectivity index (χ4v) is 2.29. The van der Waals surface area contributed by atoms with Crippen LogP contribution in [0.25, 0.3) is 0 Å². The van der Waals surface area contributed by atoms with Crippen LogP contribution >= 0.6 is 0 Å². The van der Waals surface area contributed by atoms with E-state index in [4.69, 9.17) is 0 Å². The van der Waals surface area contributed by atoms with Crippen LogP contribution in [0.3, 0.4) is 0 Å². The van der Waals surface area contributed by atoms with Crippen molar-refractivity contribution in [3.05, 3.63) is 0 Å². The van der Waals surface area contributed by atoms with Crippen LogP contribution in [-0.4, -0.2) is 35.1 Å². The predicted octanol–water partition coefficient (Wildman–Crippen LogP) is 1.86. The molecule has 2 nitrogen and oxygen atoms in total. The minimum Gasteiger partial charge on any atom is -0.311 e. The van der Waals surface area contributed by atoms with Gasteiger partial charge < -0.3 is 5.32 Å². The van der Waals surface area contributed by atoms with E-state index in [9.17, 15) is 0 Å². The molecule has 1 rings (SSSR count). The van der Waals surface area contributed by atoms with Crippen molar-refractivity contribution in [3.8, 4) is 0 Å². The maximum Gasteiger partial charge on any atom is 0.0283 e. The Balaban J connectivity index is 2.78. The van der Waals surface area contributed by atoms with Gasteiger partial charge in [-0.05, 0) is 41.5 Å². The van der Waals surface area contributed by atoms with Crippen molar-refractivity contribution in [2.75, 3.05) is 13.1 Å². The largest absolute Gasteiger partial charge is 0.311 e. The molecule has 13 heavy (non-hydrogen) atoms. The normalized spacial score (nSPS) is 30.5. The molecule has 0 radical (unpaired) electrons. The molecule has 0 aromatic carbocycles. The van der Waals surface area contributed by atoms with E-state index < -0.39 is 0 Å². The van der Waals surface area contributed by atoms with Crippen molar-refractivity contribution < 1.29 is 0 Å². The Morgan fingerprint density at radius 2 is 1.85 bits per heavy atom. The van der Waals surface area contributed by atoms with Gasteiger partial charge in [-0.3, -0.25) is 4.90 Å². The number of hydrogen-bond acceptors (Lipinski definition) is 2. The summed E-state index contributed by atoms with van der Waals surface area (Å²) in [6.07, 6.45) is 0. The van der Waals surface area contributed by atoms with Gasteiger partial charge in [-0.2, -0.15) is 0 Å². The third kappa shape index (κ3) is 2.44. The van der Waals surface area contributed by atoms with E-state index in [0.29, 0.717) is 6.04 Å². The lowest BCUT2D eigenvalue weighted by Gasteiger charge is -2.52. The zero-order chi connectivity index (χ0) is 10.3. The van der Waals surface area contributed by atoms with Crippen LogP contribution in [0.5, 0.6) is 0 Å². The van der Waals surface area contributed by atoms with Crippen LogP contribution in [0, 0.1) is 0 Å². The number of nitrogens with zero attached hydrogens (tertiary/aromatic N) is 1. The van der Waals surface area contributed by atoms with Gasteiger partial charge in [0.1, 0.15) is 0 Å². The molecule has 1 N–H and O–H groups in total. The first-order valence-corrected chi connectivity index (χ1v) is 5.24. The van der Waals surface area contributed by atoms with Gasteiger partial charge in [0.05, 0.1) is 0 Å². The molecule has 1 aliphatic heterocycles. The Bertz CT molecular complexity index is 179. The summed E-state index contributed by atoms with van der Waals surface area (Å²) in [5.41, 5.74) is 0.560. The van der Waals surface area contributed by atoms with Crippen LogP contribution in [0.15, 0.2) is 0 Å². The topological polar surface area (TPSA) is 15.3 Å². The molecular weight excluding hydrogens is 160 g/mol. The molecule has 1 fully saturated rings. The van der Waals surface area contributed by atoms with Crippen LogP contribution in [0.2, 0.25) is 0 Å². The van der Waals surface area contributed by atoms with Gasteiger partial charge in [0.25, 0.3) is 0 Å². The molecule has 1 saturated heterocycles. The summed E-state index contributed by atoms with van der Waals surface area (Å²) in [7, 11) is 0. The van der Waals surface area contributed by atoms with Gasteiger partial charge in [0.2, 0.25) is 0 Å². The lowest BCUT2D eigenvalue weighted by atomic mass is 9.91. The Labute approximate surface area is 82.7 Å². The second kappa shape index (κ2) is 3.25. The summed E-state index contributed by atoms with van der Waals surface area (Å²) in [6.45, 7) is 16.0. The van der Waals surface area contributed by atoms with E-state index >= 15 is 0 Å². The van der Waals surface area contributed by atoms with Crippen LogP contribution in [0.1, 0.15) is 41.5 Å². The summed E-state index contributed by atoms with van der Waals surface area (Å²) in [5, 5.41) is 3.53. The molecule has 0 spiro atoms. The minimum atomic E-state index is 0.278. The zero-order valence-corrected chi connectivity index (χ0v) is 9.94. The van der Waals surface area contributed by atoms with E-state index in [1.54, 1.807) is 0 Å². The highest BCUT2D eigenvalue weighted by atomic mass is 15.3. The van der Waals surface area contributed by atoms with Crippen LogP contribution in [0.4, 0.5) is 0 Å². The second-order valence-electron chi connectivity index (χ2n) is 5.88. The Morgan fingerprint density at radius 1 is 1.31 bits per heavy atom. The maximum atomic E-state index is 3.53. The van der Waals surface area contributed by atoms with Crippen molar-refractivity contribution in [2.45, 2.75) is 58.7 Å². The molecule has 0 amide bonds. The molecule has 0 aromatic rings. The molecule has 1 heterocycles. The van der Waals surface area contributed by atoms with Crippen molar-refractivity contribution in [1.29, 1.82) is 0 Å². The van der Waals surface area contributed by atoms with E-state index in [0.717, 1.165) is 13.1 Å². The Kier molecular flexibility index (Phi) is 2.75. The highest BCUT2D eigenvalue weighted by Crippen LogP contribution is 2.27. The fourth-order valence-electron chi connectivity index (χ4n) is 2.29. The quantitative estimate of drug-likeness (QED) is 0.618. The molecule has 1 unspecified atom stereocenters. The number of piperazine rings is 1. The van der Waals surface area contributed by atoms with E-state index in [1.807, 2.05) is 0 Å². The highest BCUT2D eigenvalue weighted by molar-refractivity contribution is 4.96. The van der Waals surface area contributed by atoms with Crippen molar-refractivity contribution in [3.63, 3.8) is 0 Å². The first-order valence-electron chi connectivity index (χ1n) is 5.24. The molecule has 2 heteroatoms. The summed E-state index contributed by atoms with van der Waals surface area (Å²) in [4.78, 5) is 2.60. The van der Waals surface area contributed by atoms with Gasteiger partial charge in [-0.15, -0.1) is 0 Å². The third-order valence-electron chi connectivity index (χ3n) is 2.88. The van der Waals surface area contributed by atoms with E-state index in [2.05, 4.69) is 51.8 Å².